The molecule has 2 aliphatic rings. The molecule has 2 N–H and O–H groups in total. The number of likely N-dealkylation sites (tertiary alicyclic amines) is 1. The molecule has 0 spiro atoms. The van der Waals surface area contributed by atoms with E-state index in [2.05, 4.69) is 16.3 Å². The Hall–Kier alpha value is -3.04. The first-order valence-corrected chi connectivity index (χ1v) is 11.2. The van der Waals surface area contributed by atoms with Crippen LogP contribution < -0.4 is 5.73 Å². The zero-order chi connectivity index (χ0) is 22.7. The van der Waals surface area contributed by atoms with Gasteiger partial charge in [0.2, 0.25) is 0 Å². The molecule has 6 nitrogen and oxygen atoms in total. The Morgan fingerprint density at radius 1 is 1.00 bits per heavy atom. The monoisotopic (exact) mass is 452 g/mol. The van der Waals surface area contributed by atoms with Gasteiger partial charge in [0.15, 0.2) is 11.5 Å². The number of benzene rings is 1. The lowest BCUT2D eigenvalue weighted by Crippen LogP contribution is -2.38. The van der Waals surface area contributed by atoms with E-state index in [0.29, 0.717) is 36.0 Å². The highest BCUT2D eigenvalue weighted by Gasteiger charge is 2.46. The molecule has 1 saturated heterocycles. The van der Waals surface area contributed by atoms with Crippen molar-refractivity contribution in [3.05, 3.63) is 59.8 Å². The average Bonchev–Trinajstić information content (AvgIpc) is 3.41. The van der Waals surface area contributed by atoms with Crippen LogP contribution in [0.3, 0.4) is 0 Å². The third kappa shape index (κ3) is 3.65. The molecule has 0 radical (unpaired) electrons. The number of fused-ring (bicyclic) bond motifs is 2. The summed E-state index contributed by atoms with van der Waals surface area (Å²) in [7, 11) is 0. The summed E-state index contributed by atoms with van der Waals surface area (Å²) in [6.07, 6.45) is -0.0723. The number of halogens is 3. The molecular formula is C24H23F3N6. The fraction of sp³-hybridized carbons (Fsp3) is 0.375. The average molecular weight is 452 g/mol. The minimum Gasteiger partial charge on any atom is -0.326 e. The molecule has 3 aromatic heterocycles. The quantitative estimate of drug-likeness (QED) is 0.495. The van der Waals surface area contributed by atoms with Crippen molar-refractivity contribution < 1.29 is 13.2 Å². The molecule has 9 heteroatoms. The molecule has 0 amide bonds. The normalized spacial score (nSPS) is 20.7. The number of rotatable bonds is 4. The SMILES string of the molecule is NC1CCN(C(c2ccc3nnc(-c4ccc5cccc(C6CC6)c5n4)n3c2)C(F)(F)F)C1. The van der Waals surface area contributed by atoms with Gasteiger partial charge in [-0.3, -0.25) is 9.30 Å². The summed E-state index contributed by atoms with van der Waals surface area (Å²) in [6.45, 7) is 0.530. The van der Waals surface area contributed by atoms with Gasteiger partial charge >= 0.3 is 6.18 Å². The van der Waals surface area contributed by atoms with Crippen LogP contribution in [0.1, 0.15) is 42.3 Å². The van der Waals surface area contributed by atoms with Gasteiger partial charge in [-0.1, -0.05) is 30.3 Å². The minimum absolute atomic E-state index is 0.143. The smallest absolute Gasteiger partial charge is 0.326 e. The van der Waals surface area contributed by atoms with Crippen LogP contribution in [0.15, 0.2) is 48.7 Å². The molecule has 2 unspecified atom stereocenters. The van der Waals surface area contributed by atoms with E-state index in [0.717, 1.165) is 23.7 Å². The molecule has 4 aromatic rings. The predicted molar refractivity (Wildman–Crippen MR) is 119 cm³/mol. The van der Waals surface area contributed by atoms with Crippen molar-refractivity contribution in [2.45, 2.75) is 43.4 Å². The second kappa shape index (κ2) is 7.50. The lowest BCUT2D eigenvalue weighted by atomic mass is 10.1. The molecule has 4 heterocycles. The first-order valence-electron chi connectivity index (χ1n) is 11.2. The third-order valence-corrected chi connectivity index (χ3v) is 6.67. The minimum atomic E-state index is -4.42. The Balaban J connectivity index is 1.46. The third-order valence-electron chi connectivity index (χ3n) is 6.67. The molecule has 2 atom stereocenters. The van der Waals surface area contributed by atoms with Crippen LogP contribution in [-0.2, 0) is 0 Å². The molecule has 1 aliphatic heterocycles. The van der Waals surface area contributed by atoms with Gasteiger partial charge in [0.05, 0.1) is 5.52 Å². The van der Waals surface area contributed by atoms with Crippen molar-refractivity contribution in [1.29, 1.82) is 0 Å². The van der Waals surface area contributed by atoms with E-state index in [-0.39, 0.29) is 18.2 Å². The van der Waals surface area contributed by atoms with Gasteiger partial charge in [-0.25, -0.2) is 4.98 Å². The van der Waals surface area contributed by atoms with Crippen molar-refractivity contribution in [1.82, 2.24) is 24.5 Å². The summed E-state index contributed by atoms with van der Waals surface area (Å²) >= 11 is 0. The second-order valence-corrected chi connectivity index (χ2v) is 9.09. The van der Waals surface area contributed by atoms with E-state index < -0.39 is 12.2 Å². The molecular weight excluding hydrogens is 429 g/mol. The Bertz CT molecular complexity index is 1340. The fourth-order valence-corrected chi connectivity index (χ4v) is 4.92. The molecule has 2 fully saturated rings. The summed E-state index contributed by atoms with van der Waals surface area (Å²) in [5.41, 5.74) is 9.24. The van der Waals surface area contributed by atoms with Crippen LogP contribution in [0.2, 0.25) is 0 Å². The van der Waals surface area contributed by atoms with E-state index in [4.69, 9.17) is 10.7 Å². The van der Waals surface area contributed by atoms with Gasteiger partial charge in [0.25, 0.3) is 0 Å². The molecule has 1 saturated carbocycles. The number of nitrogens with zero attached hydrogens (tertiary/aromatic N) is 5. The van der Waals surface area contributed by atoms with Crippen LogP contribution >= 0.6 is 0 Å². The Morgan fingerprint density at radius 3 is 2.58 bits per heavy atom. The molecule has 0 bridgehead atoms. The van der Waals surface area contributed by atoms with Gasteiger partial charge < -0.3 is 5.73 Å². The largest absolute Gasteiger partial charge is 0.408 e. The number of nitrogens with two attached hydrogens (primary N) is 1. The Labute approximate surface area is 188 Å². The van der Waals surface area contributed by atoms with Gasteiger partial charge in [-0.05, 0) is 48.4 Å². The van der Waals surface area contributed by atoms with Crippen molar-refractivity contribution in [2.24, 2.45) is 5.73 Å². The van der Waals surface area contributed by atoms with E-state index in [9.17, 15) is 13.2 Å². The van der Waals surface area contributed by atoms with Crippen LogP contribution in [0.4, 0.5) is 13.2 Å². The number of hydrogen-bond acceptors (Lipinski definition) is 5. The van der Waals surface area contributed by atoms with Crippen molar-refractivity contribution >= 4 is 16.6 Å². The summed E-state index contributed by atoms with van der Waals surface area (Å²) in [5, 5.41) is 9.49. The zero-order valence-electron chi connectivity index (χ0n) is 17.8. The van der Waals surface area contributed by atoms with E-state index in [1.807, 2.05) is 24.3 Å². The lowest BCUT2D eigenvalue weighted by molar-refractivity contribution is -0.183. The van der Waals surface area contributed by atoms with Gasteiger partial charge in [-0.15, -0.1) is 10.2 Å². The molecule has 33 heavy (non-hydrogen) atoms. The van der Waals surface area contributed by atoms with Gasteiger partial charge in [-0.2, -0.15) is 13.2 Å². The number of aromatic nitrogens is 4. The number of alkyl halides is 3. The zero-order valence-corrected chi connectivity index (χ0v) is 17.8. The Morgan fingerprint density at radius 2 is 1.85 bits per heavy atom. The molecule has 170 valence electrons. The van der Waals surface area contributed by atoms with E-state index in [1.165, 1.54) is 22.7 Å². The maximum Gasteiger partial charge on any atom is 0.408 e. The number of para-hydroxylation sites is 1. The van der Waals surface area contributed by atoms with Crippen molar-refractivity contribution in [3.8, 4) is 11.5 Å². The number of pyridine rings is 2. The maximum absolute atomic E-state index is 14.1. The molecule has 1 aliphatic carbocycles. The van der Waals surface area contributed by atoms with Crippen LogP contribution in [0.5, 0.6) is 0 Å². The lowest BCUT2D eigenvalue weighted by Gasteiger charge is -2.30. The highest BCUT2D eigenvalue weighted by molar-refractivity contribution is 5.84. The van der Waals surface area contributed by atoms with Crippen LogP contribution in [0.25, 0.3) is 28.1 Å². The summed E-state index contributed by atoms with van der Waals surface area (Å²) < 4.78 is 43.9. The second-order valence-electron chi connectivity index (χ2n) is 9.09. The van der Waals surface area contributed by atoms with Gasteiger partial charge in [0, 0.05) is 30.7 Å². The Kier molecular flexibility index (Phi) is 4.67. The van der Waals surface area contributed by atoms with Crippen LogP contribution in [0, 0.1) is 0 Å². The van der Waals surface area contributed by atoms with E-state index in [1.54, 1.807) is 10.5 Å². The summed E-state index contributed by atoms with van der Waals surface area (Å²) in [6, 6.07) is 11.1. The summed E-state index contributed by atoms with van der Waals surface area (Å²) in [5.74, 6) is 0.955. The first-order chi connectivity index (χ1) is 15.9. The maximum atomic E-state index is 14.1. The topological polar surface area (TPSA) is 72.3 Å². The standard InChI is InChI=1S/C24H23F3N6/c25-24(26,27)22(32-11-10-17(28)13-32)16-7-9-20-30-31-23(33(20)12-16)19-8-6-15-2-1-3-18(14-4-5-14)21(15)29-19/h1-3,6-9,12,14,17,22H,4-5,10-11,13,28H2. The fourth-order valence-electron chi connectivity index (χ4n) is 4.92. The highest BCUT2D eigenvalue weighted by atomic mass is 19.4. The van der Waals surface area contributed by atoms with E-state index >= 15 is 0 Å². The number of hydrogen-bond donors (Lipinski definition) is 1. The van der Waals surface area contributed by atoms with Gasteiger partial charge in [0.1, 0.15) is 11.7 Å². The summed E-state index contributed by atoms with van der Waals surface area (Å²) in [4.78, 5) is 6.28. The van der Waals surface area contributed by atoms with Crippen molar-refractivity contribution in [3.63, 3.8) is 0 Å². The molecule has 1 aromatic carbocycles. The van der Waals surface area contributed by atoms with Crippen molar-refractivity contribution in [2.75, 3.05) is 13.1 Å². The molecule has 6 rings (SSSR count). The van der Waals surface area contributed by atoms with Crippen LogP contribution in [-0.4, -0.2) is 49.8 Å². The first kappa shape index (κ1) is 20.6. The highest BCUT2D eigenvalue weighted by Crippen LogP contribution is 2.43. The predicted octanol–water partition coefficient (Wildman–Crippen LogP) is 4.46.